The SMILES string of the molecule is CCCCS(=O)(=O)Nc1c(F)c(C)c(Oc2ncccc2-c2ccnc(N[C@@H]3CNC[C@@H](F)C3)n2)c2ccccc12. The van der Waals surface area contributed by atoms with Crippen molar-refractivity contribution in [2.45, 2.75) is 45.3 Å². The number of aromatic nitrogens is 3. The van der Waals surface area contributed by atoms with E-state index in [0.29, 0.717) is 60.3 Å². The highest BCUT2D eigenvalue weighted by Gasteiger charge is 2.24. The van der Waals surface area contributed by atoms with Gasteiger partial charge in [0.15, 0.2) is 5.82 Å². The molecule has 3 N–H and O–H groups in total. The number of fused-ring (bicyclic) bond motifs is 1. The fraction of sp³-hybridized carbons (Fsp3) is 0.345. The van der Waals surface area contributed by atoms with Crippen LogP contribution >= 0.6 is 0 Å². The van der Waals surface area contributed by atoms with Gasteiger partial charge in [0.2, 0.25) is 21.9 Å². The lowest BCUT2D eigenvalue weighted by molar-refractivity contribution is 0.254. The first kappa shape index (κ1) is 28.6. The number of rotatable bonds is 10. The number of hydrogen-bond acceptors (Lipinski definition) is 8. The third-order valence-electron chi connectivity index (χ3n) is 6.89. The normalized spacial score (nSPS) is 17.4. The molecular formula is C29H32F2N6O3S. The molecule has 9 nitrogen and oxygen atoms in total. The zero-order valence-corrected chi connectivity index (χ0v) is 23.6. The van der Waals surface area contributed by atoms with Crippen molar-refractivity contribution in [3.8, 4) is 22.9 Å². The molecule has 41 heavy (non-hydrogen) atoms. The summed E-state index contributed by atoms with van der Waals surface area (Å²) < 4.78 is 63.7. The first-order valence-electron chi connectivity index (χ1n) is 13.5. The summed E-state index contributed by atoms with van der Waals surface area (Å²) in [7, 11) is -3.75. The van der Waals surface area contributed by atoms with Crippen molar-refractivity contribution in [2.75, 3.05) is 28.9 Å². The van der Waals surface area contributed by atoms with E-state index < -0.39 is 22.0 Å². The van der Waals surface area contributed by atoms with Crippen LogP contribution in [0.2, 0.25) is 0 Å². The fourth-order valence-corrected chi connectivity index (χ4v) is 6.08. The van der Waals surface area contributed by atoms with Gasteiger partial charge in [0.05, 0.1) is 22.7 Å². The molecule has 0 aliphatic carbocycles. The van der Waals surface area contributed by atoms with E-state index in [1.807, 2.05) is 6.92 Å². The number of ether oxygens (including phenoxy) is 1. The van der Waals surface area contributed by atoms with Crippen molar-refractivity contribution in [3.63, 3.8) is 0 Å². The molecule has 216 valence electrons. The lowest BCUT2D eigenvalue weighted by atomic mass is 10.0. The summed E-state index contributed by atoms with van der Waals surface area (Å²) in [4.78, 5) is 13.3. The van der Waals surface area contributed by atoms with Gasteiger partial charge in [-0.1, -0.05) is 37.6 Å². The molecule has 3 heterocycles. The third-order valence-corrected chi connectivity index (χ3v) is 8.23. The summed E-state index contributed by atoms with van der Waals surface area (Å²) in [5.74, 6) is -0.0936. The van der Waals surface area contributed by atoms with E-state index in [1.165, 1.54) is 6.92 Å². The lowest BCUT2D eigenvalue weighted by Crippen LogP contribution is -2.44. The number of halogens is 2. The first-order chi connectivity index (χ1) is 19.8. The molecule has 2 atom stereocenters. The second-order valence-electron chi connectivity index (χ2n) is 10.0. The molecule has 2 aromatic heterocycles. The van der Waals surface area contributed by atoms with Crippen LogP contribution in [0, 0.1) is 12.7 Å². The van der Waals surface area contributed by atoms with Crippen LogP contribution in [0.15, 0.2) is 54.9 Å². The third kappa shape index (κ3) is 6.54. The Balaban J connectivity index is 1.50. The Morgan fingerprint density at radius 3 is 2.66 bits per heavy atom. The predicted octanol–water partition coefficient (Wildman–Crippen LogP) is 5.59. The van der Waals surface area contributed by atoms with Crippen LogP contribution in [0.25, 0.3) is 22.0 Å². The second kappa shape index (κ2) is 12.3. The number of sulfonamides is 1. The minimum atomic E-state index is -3.75. The molecule has 0 radical (unpaired) electrons. The van der Waals surface area contributed by atoms with E-state index in [2.05, 4.69) is 30.3 Å². The van der Waals surface area contributed by atoms with E-state index in [0.717, 1.165) is 0 Å². The van der Waals surface area contributed by atoms with Gasteiger partial charge >= 0.3 is 0 Å². The van der Waals surface area contributed by atoms with Gasteiger partial charge in [0, 0.05) is 54.3 Å². The van der Waals surface area contributed by atoms with Gasteiger partial charge in [-0.25, -0.2) is 32.2 Å². The van der Waals surface area contributed by atoms with Crippen LogP contribution in [0.1, 0.15) is 31.7 Å². The van der Waals surface area contributed by atoms with Gasteiger partial charge in [-0.15, -0.1) is 0 Å². The molecule has 1 saturated heterocycles. The number of benzene rings is 2. The van der Waals surface area contributed by atoms with Crippen molar-refractivity contribution < 1.29 is 21.9 Å². The maximum atomic E-state index is 15.8. The van der Waals surface area contributed by atoms with Crippen molar-refractivity contribution in [3.05, 3.63) is 66.2 Å². The molecule has 5 rings (SSSR count). The quantitative estimate of drug-likeness (QED) is 0.222. The summed E-state index contributed by atoms with van der Waals surface area (Å²) in [6.45, 7) is 4.35. The lowest BCUT2D eigenvalue weighted by Gasteiger charge is -2.26. The first-order valence-corrected chi connectivity index (χ1v) is 15.2. The highest BCUT2D eigenvalue weighted by atomic mass is 32.2. The number of anilines is 2. The molecule has 4 aromatic rings. The Labute approximate surface area is 237 Å². The van der Waals surface area contributed by atoms with E-state index >= 15 is 4.39 Å². The number of nitrogens with zero attached hydrogens (tertiary/aromatic N) is 3. The predicted molar refractivity (Wildman–Crippen MR) is 156 cm³/mol. The second-order valence-corrected chi connectivity index (χ2v) is 11.9. The Kier molecular flexibility index (Phi) is 8.60. The topological polar surface area (TPSA) is 118 Å². The molecule has 2 aromatic carbocycles. The number of pyridine rings is 1. The minimum absolute atomic E-state index is 0.104. The Bertz CT molecular complexity index is 1650. The molecule has 0 unspecified atom stereocenters. The van der Waals surface area contributed by atoms with Crippen LogP contribution in [0.5, 0.6) is 11.6 Å². The van der Waals surface area contributed by atoms with Crippen molar-refractivity contribution in [1.82, 2.24) is 20.3 Å². The van der Waals surface area contributed by atoms with E-state index in [1.54, 1.807) is 54.9 Å². The van der Waals surface area contributed by atoms with Crippen LogP contribution in [-0.2, 0) is 10.0 Å². The number of unbranched alkanes of at least 4 members (excludes halogenated alkanes) is 1. The van der Waals surface area contributed by atoms with Gasteiger partial charge < -0.3 is 15.4 Å². The van der Waals surface area contributed by atoms with Crippen LogP contribution in [0.4, 0.5) is 20.4 Å². The van der Waals surface area contributed by atoms with Gasteiger partial charge in [0.1, 0.15) is 11.9 Å². The molecule has 0 amide bonds. The van der Waals surface area contributed by atoms with E-state index in [-0.39, 0.29) is 34.7 Å². The van der Waals surface area contributed by atoms with Crippen molar-refractivity contribution in [1.29, 1.82) is 0 Å². The molecule has 0 bridgehead atoms. The average Bonchev–Trinajstić information content (AvgIpc) is 2.97. The maximum Gasteiger partial charge on any atom is 0.232 e. The maximum absolute atomic E-state index is 15.8. The summed E-state index contributed by atoms with van der Waals surface area (Å²) in [6.07, 6.45) is 3.71. The number of hydrogen-bond donors (Lipinski definition) is 3. The largest absolute Gasteiger partial charge is 0.437 e. The molecule has 1 aliphatic rings. The molecular weight excluding hydrogens is 550 g/mol. The van der Waals surface area contributed by atoms with E-state index in [4.69, 9.17) is 4.74 Å². The zero-order chi connectivity index (χ0) is 29.0. The number of nitrogens with one attached hydrogen (secondary N) is 3. The monoisotopic (exact) mass is 582 g/mol. The highest BCUT2D eigenvalue weighted by Crippen LogP contribution is 2.42. The highest BCUT2D eigenvalue weighted by molar-refractivity contribution is 7.92. The summed E-state index contributed by atoms with van der Waals surface area (Å²) in [5.41, 5.74) is 1.07. The Morgan fingerprint density at radius 2 is 1.88 bits per heavy atom. The van der Waals surface area contributed by atoms with Gasteiger partial charge in [-0.3, -0.25) is 4.72 Å². The minimum Gasteiger partial charge on any atom is -0.437 e. The molecule has 1 fully saturated rings. The smallest absolute Gasteiger partial charge is 0.232 e. The van der Waals surface area contributed by atoms with Crippen LogP contribution in [0.3, 0.4) is 0 Å². The zero-order valence-electron chi connectivity index (χ0n) is 22.8. The molecule has 12 heteroatoms. The Hall–Kier alpha value is -3.90. The molecule has 1 aliphatic heterocycles. The number of piperidine rings is 1. The van der Waals surface area contributed by atoms with Gasteiger partial charge in [-0.2, -0.15) is 0 Å². The van der Waals surface area contributed by atoms with Crippen LogP contribution in [-0.4, -0.2) is 54.4 Å². The molecule has 0 saturated carbocycles. The van der Waals surface area contributed by atoms with Gasteiger partial charge in [0.25, 0.3) is 0 Å². The summed E-state index contributed by atoms with van der Waals surface area (Å²) in [6, 6.07) is 11.9. The summed E-state index contributed by atoms with van der Waals surface area (Å²) in [5, 5.41) is 7.11. The fourth-order valence-electron chi connectivity index (χ4n) is 4.80. The van der Waals surface area contributed by atoms with Crippen molar-refractivity contribution in [2.24, 2.45) is 0 Å². The van der Waals surface area contributed by atoms with Gasteiger partial charge in [-0.05, 0) is 31.5 Å². The molecule has 0 spiro atoms. The van der Waals surface area contributed by atoms with Crippen LogP contribution < -0.4 is 20.1 Å². The number of alkyl halides is 1. The van der Waals surface area contributed by atoms with E-state index in [9.17, 15) is 12.8 Å². The summed E-state index contributed by atoms with van der Waals surface area (Å²) >= 11 is 0. The standard InChI is InChI=1S/C29H32F2N6O3S/c1-3-4-14-41(38,39)37-26-21-8-5-6-9-22(21)27(18(2)25(26)31)40-28-23(10-7-12-33-28)24-11-13-34-29(36-24)35-20-15-19(30)16-32-17-20/h5-13,19-20,32,37H,3-4,14-17H2,1-2H3,(H,34,35,36)/t19-,20-/m0/s1. The van der Waals surface area contributed by atoms with Crippen molar-refractivity contribution >= 4 is 32.4 Å². The Morgan fingerprint density at radius 1 is 1.07 bits per heavy atom. The average molecular weight is 583 g/mol.